The Bertz CT molecular complexity index is 4590. The highest BCUT2D eigenvalue weighted by Crippen LogP contribution is 2.34. The van der Waals surface area contributed by atoms with E-state index in [0.717, 1.165) is 115 Å². The lowest BCUT2D eigenvalue weighted by Crippen LogP contribution is -2.04. The summed E-state index contributed by atoms with van der Waals surface area (Å²) in [5.41, 5.74) is 10.7. The molecule has 0 aliphatic carbocycles. The normalized spacial score (nSPS) is 10.8. The molecule has 11 aromatic rings. The quantitative estimate of drug-likeness (QED) is 0.0218. The molecule has 0 unspecified atom stereocenters. The van der Waals surface area contributed by atoms with Crippen molar-refractivity contribution in [2.45, 2.75) is 144 Å². The molecule has 0 atom stereocenters. The van der Waals surface area contributed by atoms with Gasteiger partial charge in [0.2, 0.25) is 0 Å². The molecular formula is C92H95F9O11. The Labute approximate surface area is 649 Å². The third kappa shape index (κ3) is 30.5. The largest absolute Gasteiger partial charge is 0.489 e. The van der Waals surface area contributed by atoms with Crippen molar-refractivity contribution in [2.75, 3.05) is 26.4 Å². The number of halogens is 9. The summed E-state index contributed by atoms with van der Waals surface area (Å²) in [6.07, 6.45) is 9.59. The molecule has 0 bridgehead atoms. The maximum Gasteiger partial charge on any atom is 0.161 e. The highest BCUT2D eigenvalue weighted by molar-refractivity contribution is 5.46. The Morgan fingerprint density at radius 1 is 0.214 bits per heavy atom. The summed E-state index contributed by atoms with van der Waals surface area (Å²) in [5, 5.41) is 35.7. The third-order valence-electron chi connectivity index (χ3n) is 17.6. The third-order valence-corrected chi connectivity index (χ3v) is 17.6. The van der Waals surface area contributed by atoms with Gasteiger partial charge >= 0.3 is 0 Å². The van der Waals surface area contributed by atoms with Crippen LogP contribution in [0.15, 0.2) is 218 Å². The molecule has 20 heteroatoms. The average Bonchev–Trinajstić information content (AvgIpc) is 0.848. The first-order chi connectivity index (χ1) is 54.2. The van der Waals surface area contributed by atoms with Gasteiger partial charge in [-0.2, -0.15) is 0 Å². The number of hydrogen-bond donors (Lipinski definition) is 4. The first-order valence-corrected chi connectivity index (χ1v) is 37.2. The summed E-state index contributed by atoms with van der Waals surface area (Å²) in [5.74, 6) is -1.07. The van der Waals surface area contributed by atoms with Crippen molar-refractivity contribution in [3.8, 4) is 40.2 Å². The van der Waals surface area contributed by atoms with E-state index >= 15 is 0 Å². The van der Waals surface area contributed by atoms with Crippen LogP contribution in [0.4, 0.5) is 39.5 Å². The summed E-state index contributed by atoms with van der Waals surface area (Å²) < 4.78 is 162. The molecule has 0 aliphatic rings. The van der Waals surface area contributed by atoms with Crippen molar-refractivity contribution in [3.05, 3.63) is 349 Å². The van der Waals surface area contributed by atoms with Crippen LogP contribution in [-0.4, -0.2) is 46.9 Å². The van der Waals surface area contributed by atoms with Gasteiger partial charge in [-0.05, 0) is 252 Å². The zero-order valence-corrected chi connectivity index (χ0v) is 63.1. The van der Waals surface area contributed by atoms with Gasteiger partial charge in [-0.1, -0.05) is 90.5 Å². The van der Waals surface area contributed by atoms with Crippen molar-refractivity contribution in [2.24, 2.45) is 0 Å². The molecule has 592 valence electrons. The van der Waals surface area contributed by atoms with Crippen LogP contribution in [0.3, 0.4) is 0 Å². The molecular weight excluding hydrogens is 1450 g/mol. The fourth-order valence-corrected chi connectivity index (χ4v) is 11.2. The van der Waals surface area contributed by atoms with Gasteiger partial charge in [-0.25, -0.2) is 39.5 Å². The SMILES string of the molecule is Cc1ccc(COc2cc(CCCCO)cc(OCc3ccc(F)cc3F)c2)c(F)c1.Cc1ccc(COc2cc(CCCCO)ccc2OCc2ccc(F)cc2)cc1.Cc1ccc(COc2cc(CCCCO)ccc2OCc2ccc(F)cc2F)c(F)c1.OCCCCc1ccc(OCc2ccc(F)cc2F)cc1. The van der Waals surface area contributed by atoms with Crippen molar-refractivity contribution >= 4 is 0 Å². The van der Waals surface area contributed by atoms with Gasteiger partial charge in [0, 0.05) is 78.5 Å². The van der Waals surface area contributed by atoms with Crippen LogP contribution in [0.1, 0.15) is 129 Å². The minimum atomic E-state index is -0.690. The molecule has 11 aromatic carbocycles. The number of benzene rings is 11. The van der Waals surface area contributed by atoms with Gasteiger partial charge in [0.1, 0.15) is 116 Å². The Kier molecular flexibility index (Phi) is 36.3. The van der Waals surface area contributed by atoms with E-state index < -0.39 is 34.9 Å². The minimum absolute atomic E-state index is 0.00742. The van der Waals surface area contributed by atoms with Crippen LogP contribution in [0.2, 0.25) is 0 Å². The highest BCUT2D eigenvalue weighted by Gasteiger charge is 2.16. The van der Waals surface area contributed by atoms with Crippen LogP contribution < -0.4 is 33.2 Å². The molecule has 0 amide bonds. The van der Waals surface area contributed by atoms with Crippen LogP contribution in [0.5, 0.6) is 40.2 Å². The fraction of sp³-hybridized carbons (Fsp3) is 0.283. The Morgan fingerprint density at radius 3 is 0.902 bits per heavy atom. The molecule has 0 fully saturated rings. The van der Waals surface area contributed by atoms with Crippen LogP contribution in [0, 0.1) is 73.1 Å². The summed E-state index contributed by atoms with van der Waals surface area (Å²) in [4.78, 5) is 0. The molecule has 0 aliphatic heterocycles. The minimum Gasteiger partial charge on any atom is -0.489 e. The average molecular weight is 1550 g/mol. The van der Waals surface area contributed by atoms with E-state index in [4.69, 9.17) is 53.6 Å². The highest BCUT2D eigenvalue weighted by atomic mass is 19.2. The maximum atomic E-state index is 14.2. The first kappa shape index (κ1) is 86.8. The maximum absolute atomic E-state index is 14.2. The number of hydrogen-bond acceptors (Lipinski definition) is 11. The molecule has 0 saturated carbocycles. The van der Waals surface area contributed by atoms with Crippen molar-refractivity contribution < 1.29 is 93.1 Å². The first-order valence-electron chi connectivity index (χ1n) is 37.2. The number of unbranched alkanes of at least 4 members (excludes halogenated alkanes) is 4. The van der Waals surface area contributed by atoms with Crippen molar-refractivity contribution in [3.63, 3.8) is 0 Å². The lowest BCUT2D eigenvalue weighted by Gasteiger charge is -2.15. The fourth-order valence-electron chi connectivity index (χ4n) is 11.2. The van der Waals surface area contributed by atoms with Gasteiger partial charge in [-0.3, -0.25) is 0 Å². The van der Waals surface area contributed by atoms with E-state index in [-0.39, 0.29) is 88.0 Å². The Balaban J connectivity index is 0.000000189. The van der Waals surface area contributed by atoms with Gasteiger partial charge in [-0.15, -0.1) is 0 Å². The molecule has 11 nitrogen and oxygen atoms in total. The van der Waals surface area contributed by atoms with Gasteiger partial charge in [0.15, 0.2) is 23.0 Å². The summed E-state index contributed by atoms with van der Waals surface area (Å²) in [6.45, 7) is 7.07. The van der Waals surface area contributed by atoms with Gasteiger partial charge in [0.25, 0.3) is 0 Å². The van der Waals surface area contributed by atoms with E-state index in [0.29, 0.717) is 89.4 Å². The second-order valence-corrected chi connectivity index (χ2v) is 26.8. The molecule has 112 heavy (non-hydrogen) atoms. The Morgan fingerprint density at radius 2 is 0.509 bits per heavy atom. The smallest absolute Gasteiger partial charge is 0.161 e. The van der Waals surface area contributed by atoms with Crippen molar-refractivity contribution in [1.29, 1.82) is 0 Å². The number of aliphatic hydroxyl groups excluding tert-OH is 4. The van der Waals surface area contributed by atoms with Crippen molar-refractivity contribution in [1.82, 2.24) is 0 Å². The second kappa shape index (κ2) is 46.8. The van der Waals surface area contributed by atoms with E-state index in [1.807, 2.05) is 86.6 Å². The van der Waals surface area contributed by atoms with Crippen LogP contribution >= 0.6 is 0 Å². The molecule has 0 spiro atoms. The van der Waals surface area contributed by atoms with Gasteiger partial charge in [0.05, 0.1) is 0 Å². The predicted octanol–water partition coefficient (Wildman–Crippen LogP) is 21.2. The van der Waals surface area contributed by atoms with Crippen LogP contribution in [0.25, 0.3) is 0 Å². The standard InChI is InChI=1S/2C25H25F3O3.C25H27FO3.C17H18F2O2/c1-17-5-7-19(22(27)12-17)16-31-25-13-18(4-2-3-11-29)6-10-24(25)30-15-20-8-9-21(26)14-23(20)28;1-17-5-6-19(24(27)10-17)15-30-22-11-18(4-2-3-9-29)12-23(14-22)31-16-20-7-8-21(26)13-25(20)28;1-19-5-7-21(8-6-19)18-29-25-16-20(4-2-3-15-27)11-14-24(25)28-17-22-9-12-23(26)13-10-22;18-15-7-6-14(17(19)11-15)12-21-16-8-4-13(5-9-16)3-1-2-10-20/h5-10,12-14,29H,2-4,11,15-16H2,1H3;5-8,10-14,29H,2-4,9,15-16H2,1H3;5-14,16,27H,2-4,15,17-18H2,1H3;4-9,11,20H,1-3,10,12H2. The monoisotopic (exact) mass is 1550 g/mol. The summed E-state index contributed by atoms with van der Waals surface area (Å²) >= 11 is 0. The number of aryl methyl sites for hydroxylation is 7. The molecule has 0 heterocycles. The second-order valence-electron chi connectivity index (χ2n) is 26.8. The molecule has 0 radical (unpaired) electrons. The zero-order chi connectivity index (χ0) is 80.0. The number of aliphatic hydroxyl groups is 4. The van der Waals surface area contributed by atoms with E-state index in [1.54, 1.807) is 42.5 Å². The van der Waals surface area contributed by atoms with E-state index in [2.05, 4.69) is 31.2 Å². The lowest BCUT2D eigenvalue weighted by molar-refractivity contribution is 0.250. The van der Waals surface area contributed by atoms with E-state index in [1.165, 1.54) is 71.8 Å². The molecule has 0 aromatic heterocycles. The van der Waals surface area contributed by atoms with E-state index in [9.17, 15) is 39.5 Å². The summed E-state index contributed by atoms with van der Waals surface area (Å²) in [6, 6.07) is 58.7. The number of ether oxygens (including phenoxy) is 7. The molecule has 4 N–H and O–H groups in total. The van der Waals surface area contributed by atoms with Gasteiger partial charge < -0.3 is 53.6 Å². The topological polar surface area (TPSA) is 146 Å². The molecule has 11 rings (SSSR count). The zero-order valence-electron chi connectivity index (χ0n) is 63.1. The summed E-state index contributed by atoms with van der Waals surface area (Å²) in [7, 11) is 0. The number of rotatable bonds is 37. The Hall–Kier alpha value is -10.8. The lowest BCUT2D eigenvalue weighted by atomic mass is 10.1. The van der Waals surface area contributed by atoms with Crippen LogP contribution in [-0.2, 0) is 71.9 Å². The molecule has 0 saturated heterocycles. The predicted molar refractivity (Wildman–Crippen MR) is 415 cm³/mol.